The Hall–Kier alpha value is -1.61. The highest BCUT2D eigenvalue weighted by Crippen LogP contribution is 2.22. The maximum atomic E-state index is 5.69. The summed E-state index contributed by atoms with van der Waals surface area (Å²) >= 11 is 0. The highest BCUT2D eigenvalue weighted by atomic mass is 15.2. The van der Waals surface area contributed by atoms with Crippen LogP contribution in [0, 0.1) is 6.92 Å². The molecule has 2 N–H and O–H groups in total. The molecule has 0 saturated heterocycles. The van der Waals surface area contributed by atoms with E-state index in [4.69, 9.17) is 5.73 Å². The fourth-order valence-electron chi connectivity index (χ4n) is 1.90. The third kappa shape index (κ3) is 2.24. The molecule has 17 heavy (non-hydrogen) atoms. The largest absolute Gasteiger partial charge is 0.356 e. The molecule has 0 aliphatic carbocycles. The maximum Gasteiger partial charge on any atom is 0.129 e. The molecule has 0 bridgehead atoms. The molecule has 2 rings (SSSR count). The van der Waals surface area contributed by atoms with Crippen molar-refractivity contribution < 1.29 is 0 Å². The van der Waals surface area contributed by atoms with Crippen LogP contribution in [0.4, 0.5) is 5.82 Å². The molecule has 0 spiro atoms. The lowest BCUT2D eigenvalue weighted by atomic mass is 10.1. The molecule has 3 heteroatoms. The van der Waals surface area contributed by atoms with Gasteiger partial charge in [-0.25, -0.2) is 4.98 Å². The Morgan fingerprint density at radius 2 is 2.06 bits per heavy atom. The first-order valence-corrected chi connectivity index (χ1v) is 5.92. The van der Waals surface area contributed by atoms with E-state index in [2.05, 4.69) is 35.9 Å². The summed E-state index contributed by atoms with van der Waals surface area (Å²) in [5.41, 5.74) is 7.98. The zero-order valence-electron chi connectivity index (χ0n) is 10.6. The van der Waals surface area contributed by atoms with Crippen LogP contribution in [0.25, 0.3) is 10.9 Å². The van der Waals surface area contributed by atoms with Crippen LogP contribution in [0.3, 0.4) is 0 Å². The molecule has 1 unspecified atom stereocenters. The monoisotopic (exact) mass is 229 g/mol. The molecule has 1 atom stereocenters. The van der Waals surface area contributed by atoms with Crippen molar-refractivity contribution in [3.05, 3.63) is 35.9 Å². The molecule has 0 radical (unpaired) electrons. The van der Waals surface area contributed by atoms with Crippen LogP contribution in [-0.4, -0.2) is 24.6 Å². The van der Waals surface area contributed by atoms with Gasteiger partial charge in [0.1, 0.15) is 5.82 Å². The van der Waals surface area contributed by atoms with E-state index in [-0.39, 0.29) is 0 Å². The van der Waals surface area contributed by atoms with Gasteiger partial charge in [-0.05, 0) is 31.5 Å². The molecule has 1 aromatic carbocycles. The zero-order chi connectivity index (χ0) is 12.4. The third-order valence-corrected chi connectivity index (χ3v) is 3.27. The van der Waals surface area contributed by atoms with E-state index in [9.17, 15) is 0 Å². The summed E-state index contributed by atoms with van der Waals surface area (Å²) in [5.74, 6) is 0.985. The number of pyridine rings is 1. The number of hydrogen-bond donors (Lipinski definition) is 1. The first-order valence-electron chi connectivity index (χ1n) is 5.92. The van der Waals surface area contributed by atoms with Crippen molar-refractivity contribution in [2.75, 3.05) is 18.5 Å². The number of anilines is 1. The van der Waals surface area contributed by atoms with Gasteiger partial charge in [-0.2, -0.15) is 0 Å². The zero-order valence-corrected chi connectivity index (χ0v) is 10.6. The Morgan fingerprint density at radius 3 is 2.76 bits per heavy atom. The highest BCUT2D eigenvalue weighted by Gasteiger charge is 2.11. The second kappa shape index (κ2) is 4.72. The molecule has 90 valence electrons. The lowest BCUT2D eigenvalue weighted by Crippen LogP contribution is -2.35. The van der Waals surface area contributed by atoms with Gasteiger partial charge < -0.3 is 10.6 Å². The fraction of sp³-hybridized carbons (Fsp3) is 0.357. The van der Waals surface area contributed by atoms with Crippen molar-refractivity contribution in [1.29, 1.82) is 0 Å². The van der Waals surface area contributed by atoms with Crippen molar-refractivity contribution in [3.8, 4) is 0 Å². The number of nitrogens with zero attached hydrogens (tertiary/aromatic N) is 2. The number of aromatic nitrogens is 1. The van der Waals surface area contributed by atoms with Gasteiger partial charge in [-0.3, -0.25) is 0 Å². The van der Waals surface area contributed by atoms with Gasteiger partial charge in [-0.1, -0.05) is 18.2 Å². The van der Waals surface area contributed by atoms with E-state index in [0.29, 0.717) is 12.6 Å². The molecule has 0 saturated carbocycles. The molecule has 2 aromatic rings. The van der Waals surface area contributed by atoms with E-state index in [1.54, 1.807) is 0 Å². The Bertz CT molecular complexity index is 522. The molecule has 0 aliphatic rings. The van der Waals surface area contributed by atoms with Gasteiger partial charge in [0.05, 0.1) is 5.52 Å². The van der Waals surface area contributed by atoms with Crippen molar-refractivity contribution in [2.24, 2.45) is 5.73 Å². The van der Waals surface area contributed by atoms with Gasteiger partial charge in [0.15, 0.2) is 0 Å². The van der Waals surface area contributed by atoms with Gasteiger partial charge in [-0.15, -0.1) is 0 Å². The molecule has 0 aliphatic heterocycles. The summed E-state index contributed by atoms with van der Waals surface area (Å²) in [5, 5.41) is 1.21. The average Bonchev–Trinajstić information content (AvgIpc) is 2.37. The summed E-state index contributed by atoms with van der Waals surface area (Å²) < 4.78 is 0. The van der Waals surface area contributed by atoms with Gasteiger partial charge in [0.25, 0.3) is 0 Å². The van der Waals surface area contributed by atoms with E-state index < -0.39 is 0 Å². The maximum absolute atomic E-state index is 5.69. The number of hydrogen-bond acceptors (Lipinski definition) is 3. The van der Waals surface area contributed by atoms with Crippen LogP contribution >= 0.6 is 0 Å². The van der Waals surface area contributed by atoms with E-state index in [1.165, 1.54) is 10.9 Å². The number of fused-ring (bicyclic) bond motifs is 1. The quantitative estimate of drug-likeness (QED) is 0.878. The summed E-state index contributed by atoms with van der Waals surface area (Å²) in [6.07, 6.45) is 0. The Morgan fingerprint density at radius 1 is 1.35 bits per heavy atom. The van der Waals surface area contributed by atoms with Crippen molar-refractivity contribution in [3.63, 3.8) is 0 Å². The Balaban J connectivity index is 2.50. The average molecular weight is 229 g/mol. The predicted molar refractivity (Wildman–Crippen MR) is 73.4 cm³/mol. The molecular weight excluding hydrogens is 210 g/mol. The summed E-state index contributed by atoms with van der Waals surface area (Å²) in [6.45, 7) is 4.85. The lowest BCUT2D eigenvalue weighted by Gasteiger charge is -2.25. The van der Waals surface area contributed by atoms with Gasteiger partial charge in [0.2, 0.25) is 0 Å². The number of para-hydroxylation sites is 1. The molecule has 3 nitrogen and oxygen atoms in total. The second-order valence-corrected chi connectivity index (χ2v) is 4.51. The normalized spacial score (nSPS) is 12.7. The van der Waals surface area contributed by atoms with Crippen LogP contribution in [-0.2, 0) is 0 Å². The first kappa shape index (κ1) is 11.9. The minimum absolute atomic E-state index is 0.295. The van der Waals surface area contributed by atoms with Gasteiger partial charge >= 0.3 is 0 Å². The SMILES string of the molecule is Cc1cc(N(C)C(C)CN)nc2ccccc12. The number of rotatable bonds is 3. The highest BCUT2D eigenvalue weighted by molar-refractivity contribution is 5.83. The van der Waals surface area contributed by atoms with Crippen molar-refractivity contribution >= 4 is 16.7 Å². The lowest BCUT2D eigenvalue weighted by molar-refractivity contribution is 0.688. The summed E-state index contributed by atoms with van der Waals surface area (Å²) in [4.78, 5) is 6.80. The molecule has 0 amide bonds. The van der Waals surface area contributed by atoms with E-state index >= 15 is 0 Å². The van der Waals surface area contributed by atoms with E-state index in [0.717, 1.165) is 11.3 Å². The minimum atomic E-state index is 0.295. The number of benzene rings is 1. The number of nitrogens with two attached hydrogens (primary N) is 1. The minimum Gasteiger partial charge on any atom is -0.356 e. The van der Waals surface area contributed by atoms with Crippen LogP contribution in [0.5, 0.6) is 0 Å². The molecular formula is C14H19N3. The first-order chi connectivity index (χ1) is 8.13. The van der Waals surface area contributed by atoms with Crippen LogP contribution in [0.2, 0.25) is 0 Å². The molecule has 1 heterocycles. The van der Waals surface area contributed by atoms with Crippen LogP contribution in [0.1, 0.15) is 12.5 Å². The summed E-state index contributed by atoms with van der Waals surface area (Å²) in [7, 11) is 2.04. The predicted octanol–water partition coefficient (Wildman–Crippen LogP) is 2.33. The van der Waals surface area contributed by atoms with Crippen molar-refractivity contribution in [1.82, 2.24) is 4.98 Å². The van der Waals surface area contributed by atoms with Crippen molar-refractivity contribution in [2.45, 2.75) is 19.9 Å². The van der Waals surface area contributed by atoms with Gasteiger partial charge in [0, 0.05) is 25.0 Å². The summed E-state index contributed by atoms with van der Waals surface area (Å²) in [6, 6.07) is 10.6. The number of likely N-dealkylation sites (N-methyl/N-ethyl adjacent to an activating group) is 1. The third-order valence-electron chi connectivity index (χ3n) is 3.27. The van der Waals surface area contributed by atoms with Crippen LogP contribution < -0.4 is 10.6 Å². The molecule has 0 fully saturated rings. The molecule has 1 aromatic heterocycles. The fourth-order valence-corrected chi connectivity index (χ4v) is 1.90. The smallest absolute Gasteiger partial charge is 0.129 e. The Kier molecular flexibility index (Phi) is 3.29. The van der Waals surface area contributed by atoms with Crippen LogP contribution in [0.15, 0.2) is 30.3 Å². The standard InChI is InChI=1S/C14H19N3/c1-10-8-14(17(3)11(2)9-15)16-13-7-5-4-6-12(10)13/h4-8,11H,9,15H2,1-3H3. The second-order valence-electron chi connectivity index (χ2n) is 4.51. The van der Waals surface area contributed by atoms with E-state index in [1.807, 2.05) is 25.2 Å². The number of aryl methyl sites for hydroxylation is 1. The topological polar surface area (TPSA) is 42.1 Å². The Labute approximate surface area is 102 Å².